The van der Waals surface area contributed by atoms with Crippen molar-refractivity contribution in [1.29, 1.82) is 0 Å². The number of nitrogens with one attached hydrogen (secondary N) is 3. The number of hydrogen-bond donors (Lipinski definition) is 3. The fourth-order valence-corrected chi connectivity index (χ4v) is 5.75. The fourth-order valence-electron chi connectivity index (χ4n) is 2.88. The zero-order valence-electron chi connectivity index (χ0n) is 17.6. The van der Waals surface area contributed by atoms with Gasteiger partial charge in [0.1, 0.15) is 16.2 Å². The maximum absolute atomic E-state index is 12.7. The second-order valence-electron chi connectivity index (χ2n) is 6.94. The molecule has 3 rings (SSSR count). The molecule has 7 nitrogen and oxygen atoms in total. The first-order valence-electron chi connectivity index (χ1n) is 9.84. The molecule has 0 aliphatic carbocycles. The number of fused-ring (bicyclic) bond motifs is 1. The molecule has 0 saturated carbocycles. The van der Waals surface area contributed by atoms with E-state index in [1.54, 1.807) is 47.9 Å². The Balaban J connectivity index is 1.67. The zero-order valence-corrected chi connectivity index (χ0v) is 20.1. The van der Waals surface area contributed by atoms with Crippen molar-refractivity contribution in [2.45, 2.75) is 9.46 Å². The van der Waals surface area contributed by atoms with Crippen molar-refractivity contribution in [3.63, 3.8) is 0 Å². The van der Waals surface area contributed by atoms with Crippen LogP contribution in [0, 0.1) is 0 Å². The molecule has 0 aliphatic rings. The molecule has 0 fully saturated rings. The maximum Gasteiger partial charge on any atom is 0.271 e. The minimum absolute atomic E-state index is 0.151. The summed E-state index contributed by atoms with van der Waals surface area (Å²) in [5.41, 5.74) is 1.94. The molecule has 2 heterocycles. The highest BCUT2D eigenvalue weighted by molar-refractivity contribution is 8.00. The molecular formula is C23H23N3O4S3. The van der Waals surface area contributed by atoms with E-state index in [1.807, 2.05) is 6.08 Å². The van der Waals surface area contributed by atoms with Crippen molar-refractivity contribution in [3.8, 4) is 0 Å². The van der Waals surface area contributed by atoms with Crippen LogP contribution in [0.25, 0.3) is 10.9 Å². The Morgan fingerprint density at radius 3 is 2.79 bits per heavy atom. The number of amides is 1. The van der Waals surface area contributed by atoms with Crippen LogP contribution in [0.5, 0.6) is 0 Å². The summed E-state index contributed by atoms with van der Waals surface area (Å²) in [7, 11) is -3.73. The zero-order chi connectivity index (χ0) is 23.8. The molecule has 0 saturated heterocycles. The Hall–Kier alpha value is -3.08. The molecule has 1 amide bonds. The number of aldehydes is 1. The van der Waals surface area contributed by atoms with E-state index < -0.39 is 21.2 Å². The molecule has 1 unspecified atom stereocenters. The summed E-state index contributed by atoms with van der Waals surface area (Å²) >= 11 is 2.49. The van der Waals surface area contributed by atoms with Gasteiger partial charge in [-0.2, -0.15) is 0 Å². The van der Waals surface area contributed by atoms with E-state index in [1.165, 1.54) is 17.8 Å². The molecule has 10 heteroatoms. The number of allylic oxidation sites excluding steroid dienone is 3. The molecule has 172 valence electrons. The summed E-state index contributed by atoms with van der Waals surface area (Å²) in [5, 5.41) is 4.68. The van der Waals surface area contributed by atoms with Gasteiger partial charge >= 0.3 is 0 Å². The summed E-state index contributed by atoms with van der Waals surface area (Å²) in [5.74, 6) is 0.153. The van der Waals surface area contributed by atoms with Gasteiger partial charge in [-0.05, 0) is 29.2 Å². The Morgan fingerprint density at radius 1 is 1.27 bits per heavy atom. The van der Waals surface area contributed by atoms with Gasteiger partial charge in [0, 0.05) is 17.7 Å². The maximum atomic E-state index is 12.7. The van der Waals surface area contributed by atoms with Gasteiger partial charge in [-0.1, -0.05) is 49.6 Å². The van der Waals surface area contributed by atoms with E-state index in [2.05, 4.69) is 28.2 Å². The summed E-state index contributed by atoms with van der Waals surface area (Å²) in [6.45, 7) is 7.65. The summed E-state index contributed by atoms with van der Waals surface area (Å²) in [4.78, 5) is 27.0. The van der Waals surface area contributed by atoms with E-state index in [4.69, 9.17) is 0 Å². The van der Waals surface area contributed by atoms with E-state index in [-0.39, 0.29) is 16.4 Å². The SMILES string of the molecule is C=C/C=C\C(=C)CSC(C=O)CNC(=O)c1cc2cccc(NS(=O)(=O)c3cccs3)c2[nH]1. The quantitative estimate of drug-likeness (QED) is 0.252. The summed E-state index contributed by atoms with van der Waals surface area (Å²) in [6.07, 6.45) is 6.02. The standard InChI is InChI=1S/C23H23N3O4S3/c1-3-4-7-16(2)15-32-18(14-27)13-24-23(28)20-12-17-8-5-9-19(22(17)25-20)26-33(29,30)21-10-6-11-31-21/h3-12,14,18,25-26H,1-2,13,15H2,(H,24,28)/b7-4-. The van der Waals surface area contributed by atoms with E-state index in [0.717, 1.165) is 23.2 Å². The van der Waals surface area contributed by atoms with Crippen LogP contribution in [0.1, 0.15) is 10.5 Å². The lowest BCUT2D eigenvalue weighted by Crippen LogP contribution is -2.31. The Kier molecular flexibility index (Phi) is 8.32. The number of carbonyl (C=O) groups excluding carboxylic acids is 2. The summed E-state index contributed by atoms with van der Waals surface area (Å²) in [6, 6.07) is 9.93. The highest BCUT2D eigenvalue weighted by Crippen LogP contribution is 2.27. The summed E-state index contributed by atoms with van der Waals surface area (Å²) < 4.78 is 27.9. The number of hydrogen-bond acceptors (Lipinski definition) is 6. The van der Waals surface area contributed by atoms with Gasteiger partial charge in [-0.15, -0.1) is 23.1 Å². The molecule has 33 heavy (non-hydrogen) atoms. The number of rotatable bonds is 12. The second-order valence-corrected chi connectivity index (χ2v) is 11.0. The van der Waals surface area contributed by atoms with Crippen molar-refractivity contribution >= 4 is 61.9 Å². The van der Waals surface area contributed by atoms with Crippen molar-refractivity contribution in [1.82, 2.24) is 10.3 Å². The molecule has 3 N–H and O–H groups in total. The number of para-hydroxylation sites is 1. The van der Waals surface area contributed by atoms with Gasteiger partial charge in [0.25, 0.3) is 15.9 Å². The lowest BCUT2D eigenvalue weighted by Gasteiger charge is -2.11. The first-order valence-corrected chi connectivity index (χ1v) is 13.2. The number of thiophene rings is 1. The van der Waals surface area contributed by atoms with Crippen molar-refractivity contribution in [2.75, 3.05) is 17.0 Å². The highest BCUT2D eigenvalue weighted by Gasteiger charge is 2.19. The molecule has 0 radical (unpaired) electrons. The minimum atomic E-state index is -3.73. The van der Waals surface area contributed by atoms with Gasteiger partial charge < -0.3 is 15.1 Å². The monoisotopic (exact) mass is 501 g/mol. The number of carbonyl (C=O) groups is 2. The first kappa shape index (κ1) is 24.6. The van der Waals surface area contributed by atoms with Crippen LogP contribution in [0.4, 0.5) is 5.69 Å². The van der Waals surface area contributed by atoms with Crippen molar-refractivity contribution in [2.24, 2.45) is 0 Å². The van der Waals surface area contributed by atoms with Gasteiger partial charge in [-0.25, -0.2) is 8.42 Å². The van der Waals surface area contributed by atoms with Gasteiger partial charge in [0.2, 0.25) is 0 Å². The van der Waals surface area contributed by atoms with E-state index >= 15 is 0 Å². The third-order valence-electron chi connectivity index (χ3n) is 4.47. The largest absolute Gasteiger partial charge is 0.349 e. The minimum Gasteiger partial charge on any atom is -0.349 e. The Morgan fingerprint density at radius 2 is 2.09 bits per heavy atom. The van der Waals surface area contributed by atoms with E-state index in [0.29, 0.717) is 22.3 Å². The van der Waals surface area contributed by atoms with Crippen molar-refractivity contribution < 1.29 is 18.0 Å². The molecule has 3 aromatic rings. The molecule has 1 aromatic carbocycles. The number of thioether (sulfide) groups is 1. The lowest BCUT2D eigenvalue weighted by atomic mass is 10.2. The average molecular weight is 502 g/mol. The second kappa shape index (κ2) is 11.2. The number of anilines is 1. The van der Waals surface area contributed by atoms with Crippen LogP contribution in [0.2, 0.25) is 0 Å². The molecular weight excluding hydrogens is 478 g/mol. The van der Waals surface area contributed by atoms with Crippen LogP contribution in [0.3, 0.4) is 0 Å². The number of benzene rings is 1. The van der Waals surface area contributed by atoms with Crippen LogP contribution in [0.15, 0.2) is 82.9 Å². The molecule has 0 aliphatic heterocycles. The van der Waals surface area contributed by atoms with Gasteiger partial charge in [0.15, 0.2) is 0 Å². The average Bonchev–Trinajstić information content (AvgIpc) is 3.48. The normalized spacial score (nSPS) is 12.5. The Bertz CT molecular complexity index is 1290. The molecule has 0 bridgehead atoms. The topological polar surface area (TPSA) is 108 Å². The van der Waals surface area contributed by atoms with E-state index in [9.17, 15) is 18.0 Å². The Labute approximate surface area is 200 Å². The highest BCUT2D eigenvalue weighted by atomic mass is 32.2. The smallest absolute Gasteiger partial charge is 0.271 e. The predicted octanol–water partition coefficient (Wildman–Crippen LogP) is 4.36. The van der Waals surface area contributed by atoms with Crippen LogP contribution >= 0.6 is 23.1 Å². The third kappa shape index (κ3) is 6.47. The predicted molar refractivity (Wildman–Crippen MR) is 137 cm³/mol. The van der Waals surface area contributed by atoms with Crippen molar-refractivity contribution in [3.05, 3.63) is 84.4 Å². The molecule has 0 spiro atoms. The van der Waals surface area contributed by atoms with Crippen LogP contribution in [-0.2, 0) is 14.8 Å². The molecule has 2 aromatic heterocycles. The molecule has 1 atom stereocenters. The first-order chi connectivity index (χ1) is 15.8. The number of sulfonamides is 1. The number of H-pyrrole nitrogens is 1. The number of aromatic amines is 1. The lowest BCUT2D eigenvalue weighted by molar-refractivity contribution is -0.107. The van der Waals surface area contributed by atoms with Gasteiger partial charge in [0.05, 0.1) is 16.5 Å². The van der Waals surface area contributed by atoms with Crippen LogP contribution in [-0.4, -0.2) is 43.1 Å². The van der Waals surface area contributed by atoms with Gasteiger partial charge in [-0.3, -0.25) is 9.52 Å². The third-order valence-corrected chi connectivity index (χ3v) is 8.48. The fraction of sp³-hybridized carbons (Fsp3) is 0.130. The number of aromatic nitrogens is 1. The van der Waals surface area contributed by atoms with Crippen LogP contribution < -0.4 is 10.0 Å².